The summed E-state index contributed by atoms with van der Waals surface area (Å²) in [5, 5.41) is 0. The van der Waals surface area contributed by atoms with Gasteiger partial charge in [0.25, 0.3) is 0 Å². The van der Waals surface area contributed by atoms with Crippen molar-refractivity contribution in [3.63, 3.8) is 0 Å². The van der Waals surface area contributed by atoms with Gasteiger partial charge in [0.05, 0.1) is 17.2 Å². The minimum Gasteiger partial charge on any atom is -0.340 e. The van der Waals surface area contributed by atoms with Gasteiger partial charge in [0.15, 0.2) is 0 Å². The van der Waals surface area contributed by atoms with Crippen LogP contribution in [0.4, 0.5) is 0 Å². The fourth-order valence-electron chi connectivity index (χ4n) is 1.91. The number of nitrogens with one attached hydrogen (secondary N) is 1. The van der Waals surface area contributed by atoms with Crippen LogP contribution in [0, 0.1) is 0 Å². The van der Waals surface area contributed by atoms with E-state index in [9.17, 15) is 0 Å². The van der Waals surface area contributed by atoms with Crippen LogP contribution in [0.1, 0.15) is 24.6 Å². The lowest BCUT2D eigenvalue weighted by molar-refractivity contribution is 0.707. The van der Waals surface area contributed by atoms with E-state index in [1.807, 2.05) is 12.3 Å². The van der Waals surface area contributed by atoms with Gasteiger partial charge in [-0.25, -0.2) is 4.98 Å². The topological polar surface area (TPSA) is 41.6 Å². The number of hydrogen-bond donors (Lipinski definition) is 1. The molecule has 0 bridgehead atoms. The van der Waals surface area contributed by atoms with Gasteiger partial charge < -0.3 is 4.98 Å². The fourth-order valence-corrected chi connectivity index (χ4v) is 1.91. The highest BCUT2D eigenvalue weighted by atomic mass is 14.9. The molecule has 3 heteroatoms. The Balaban J connectivity index is 2.05. The third kappa shape index (κ3) is 1.13. The molecule has 0 fully saturated rings. The van der Waals surface area contributed by atoms with Crippen molar-refractivity contribution in [3.05, 3.63) is 36.4 Å². The maximum atomic E-state index is 4.56. The van der Waals surface area contributed by atoms with Gasteiger partial charge in [0.2, 0.25) is 0 Å². The SMILES string of the molecule is C1=CCC(c2nc3ccncc3[nH]2)C1. The van der Waals surface area contributed by atoms with E-state index < -0.39 is 0 Å². The number of H-pyrrole nitrogens is 1. The van der Waals surface area contributed by atoms with Gasteiger partial charge in [-0.1, -0.05) is 12.2 Å². The molecule has 0 atom stereocenters. The molecule has 70 valence electrons. The monoisotopic (exact) mass is 185 g/mol. The van der Waals surface area contributed by atoms with Crippen molar-refractivity contribution >= 4 is 11.0 Å². The lowest BCUT2D eigenvalue weighted by Gasteiger charge is -2.02. The van der Waals surface area contributed by atoms with Crippen LogP contribution in [0.5, 0.6) is 0 Å². The molecule has 1 aliphatic carbocycles. The second-order valence-corrected chi connectivity index (χ2v) is 3.65. The predicted molar refractivity (Wildman–Crippen MR) is 55.0 cm³/mol. The van der Waals surface area contributed by atoms with Crippen molar-refractivity contribution in [1.82, 2.24) is 15.0 Å². The number of rotatable bonds is 1. The largest absolute Gasteiger partial charge is 0.340 e. The third-order valence-electron chi connectivity index (χ3n) is 2.70. The Kier molecular flexibility index (Phi) is 1.63. The molecule has 0 saturated heterocycles. The van der Waals surface area contributed by atoms with E-state index in [1.165, 1.54) is 0 Å². The number of aromatic nitrogens is 3. The van der Waals surface area contributed by atoms with E-state index in [0.29, 0.717) is 5.92 Å². The average Bonchev–Trinajstić information content (AvgIpc) is 2.86. The standard InChI is InChI=1S/C11H11N3/c1-2-4-8(3-1)11-13-9-5-6-12-7-10(9)14-11/h1-2,5-8H,3-4H2,(H,13,14). The second kappa shape index (κ2) is 2.94. The van der Waals surface area contributed by atoms with E-state index in [0.717, 1.165) is 29.7 Å². The summed E-state index contributed by atoms with van der Waals surface area (Å²) in [4.78, 5) is 11.9. The summed E-state index contributed by atoms with van der Waals surface area (Å²) in [7, 11) is 0. The highest BCUT2D eigenvalue weighted by Gasteiger charge is 2.16. The summed E-state index contributed by atoms with van der Waals surface area (Å²) in [5.41, 5.74) is 2.05. The van der Waals surface area contributed by atoms with Gasteiger partial charge in [0.1, 0.15) is 5.82 Å². The van der Waals surface area contributed by atoms with Gasteiger partial charge in [-0.05, 0) is 18.9 Å². The van der Waals surface area contributed by atoms with Gasteiger partial charge >= 0.3 is 0 Å². The van der Waals surface area contributed by atoms with E-state index in [4.69, 9.17) is 0 Å². The van der Waals surface area contributed by atoms with Crippen LogP contribution in [0.2, 0.25) is 0 Å². The minimum atomic E-state index is 0.544. The lowest BCUT2D eigenvalue weighted by Crippen LogP contribution is -1.94. The van der Waals surface area contributed by atoms with Crippen molar-refractivity contribution in [2.24, 2.45) is 0 Å². The number of imidazole rings is 1. The Bertz CT molecular complexity index is 443. The maximum absolute atomic E-state index is 4.56. The highest BCUT2D eigenvalue weighted by molar-refractivity contribution is 5.73. The van der Waals surface area contributed by atoms with Crippen LogP contribution in [-0.4, -0.2) is 15.0 Å². The molecule has 0 saturated carbocycles. The van der Waals surface area contributed by atoms with E-state index in [1.54, 1.807) is 6.20 Å². The molecule has 2 aromatic heterocycles. The molecule has 0 spiro atoms. The zero-order valence-corrected chi connectivity index (χ0v) is 7.77. The van der Waals surface area contributed by atoms with Crippen molar-refractivity contribution in [2.75, 3.05) is 0 Å². The Morgan fingerprint density at radius 1 is 1.29 bits per heavy atom. The van der Waals surface area contributed by atoms with Crippen LogP contribution >= 0.6 is 0 Å². The number of aromatic amines is 1. The molecular weight excluding hydrogens is 174 g/mol. The van der Waals surface area contributed by atoms with Crippen LogP contribution < -0.4 is 0 Å². The summed E-state index contributed by atoms with van der Waals surface area (Å²) >= 11 is 0. The summed E-state index contributed by atoms with van der Waals surface area (Å²) in [5.74, 6) is 1.64. The van der Waals surface area contributed by atoms with Crippen LogP contribution in [0.25, 0.3) is 11.0 Å². The first-order chi connectivity index (χ1) is 6.93. The van der Waals surface area contributed by atoms with Crippen molar-refractivity contribution in [1.29, 1.82) is 0 Å². The molecular formula is C11H11N3. The number of allylic oxidation sites excluding steroid dienone is 2. The van der Waals surface area contributed by atoms with Gasteiger partial charge in [-0.2, -0.15) is 0 Å². The van der Waals surface area contributed by atoms with E-state index >= 15 is 0 Å². The predicted octanol–water partition coefficient (Wildman–Crippen LogP) is 2.39. The number of pyridine rings is 1. The second-order valence-electron chi connectivity index (χ2n) is 3.65. The maximum Gasteiger partial charge on any atom is 0.111 e. The quantitative estimate of drug-likeness (QED) is 0.693. The molecule has 2 heterocycles. The number of hydrogen-bond acceptors (Lipinski definition) is 2. The summed E-state index contributed by atoms with van der Waals surface area (Å²) in [6.07, 6.45) is 10.3. The third-order valence-corrected chi connectivity index (χ3v) is 2.70. The van der Waals surface area contributed by atoms with Crippen LogP contribution in [-0.2, 0) is 0 Å². The van der Waals surface area contributed by atoms with Gasteiger partial charge in [-0.3, -0.25) is 4.98 Å². The van der Waals surface area contributed by atoms with Crippen molar-refractivity contribution in [2.45, 2.75) is 18.8 Å². The average molecular weight is 185 g/mol. The summed E-state index contributed by atoms with van der Waals surface area (Å²) < 4.78 is 0. The lowest BCUT2D eigenvalue weighted by atomic mass is 10.1. The van der Waals surface area contributed by atoms with E-state index in [-0.39, 0.29) is 0 Å². The molecule has 0 amide bonds. The molecule has 3 rings (SSSR count). The molecule has 1 N–H and O–H groups in total. The zero-order chi connectivity index (χ0) is 9.38. The first-order valence-corrected chi connectivity index (χ1v) is 4.88. The minimum absolute atomic E-state index is 0.544. The van der Waals surface area contributed by atoms with E-state index in [2.05, 4.69) is 27.1 Å². The van der Waals surface area contributed by atoms with Crippen molar-refractivity contribution < 1.29 is 0 Å². The molecule has 1 aliphatic rings. The molecule has 0 aliphatic heterocycles. The summed E-state index contributed by atoms with van der Waals surface area (Å²) in [6.45, 7) is 0. The molecule has 0 aromatic carbocycles. The zero-order valence-electron chi connectivity index (χ0n) is 7.77. The molecule has 3 nitrogen and oxygen atoms in total. The molecule has 14 heavy (non-hydrogen) atoms. The fraction of sp³-hybridized carbons (Fsp3) is 0.273. The van der Waals surface area contributed by atoms with Crippen molar-refractivity contribution in [3.8, 4) is 0 Å². The Morgan fingerprint density at radius 3 is 2.93 bits per heavy atom. The Morgan fingerprint density at radius 2 is 2.14 bits per heavy atom. The highest BCUT2D eigenvalue weighted by Crippen LogP contribution is 2.28. The Hall–Kier alpha value is -1.64. The smallest absolute Gasteiger partial charge is 0.111 e. The van der Waals surface area contributed by atoms with Crippen LogP contribution in [0.15, 0.2) is 30.6 Å². The Labute approximate surface area is 81.9 Å². The first-order valence-electron chi connectivity index (χ1n) is 4.88. The molecule has 0 unspecified atom stereocenters. The first kappa shape index (κ1) is 7.74. The summed E-state index contributed by atoms with van der Waals surface area (Å²) in [6, 6.07) is 1.94. The number of fused-ring (bicyclic) bond motifs is 1. The molecule has 2 aromatic rings. The number of nitrogens with zero attached hydrogens (tertiary/aromatic N) is 2. The van der Waals surface area contributed by atoms with Crippen LogP contribution in [0.3, 0.4) is 0 Å². The normalized spacial score (nSPS) is 16.9. The van der Waals surface area contributed by atoms with Gasteiger partial charge in [0, 0.05) is 12.1 Å². The molecule has 0 radical (unpaired) electrons. The van der Waals surface area contributed by atoms with Gasteiger partial charge in [-0.15, -0.1) is 0 Å².